The fraction of sp³-hybridized carbons (Fsp3) is 1.00. The molecule has 6 heteroatoms. The molecule has 2 saturated carbocycles. The van der Waals surface area contributed by atoms with Crippen LogP contribution in [0.15, 0.2) is 0 Å². The van der Waals surface area contributed by atoms with Crippen LogP contribution in [0.5, 0.6) is 0 Å². The maximum absolute atomic E-state index is 11.5. The summed E-state index contributed by atoms with van der Waals surface area (Å²) in [5, 5.41) is 0. The Morgan fingerprint density at radius 3 is 2.57 bits per heavy atom. The van der Waals surface area contributed by atoms with Crippen LogP contribution in [0.4, 0.5) is 0 Å². The lowest BCUT2D eigenvalue weighted by molar-refractivity contribution is -0.160. The summed E-state index contributed by atoms with van der Waals surface area (Å²) in [5.74, 6) is 0.211. The van der Waals surface area contributed by atoms with Crippen LogP contribution in [0.1, 0.15) is 45.4 Å². The van der Waals surface area contributed by atoms with E-state index in [1.807, 2.05) is 0 Å². The van der Waals surface area contributed by atoms with E-state index in [-0.39, 0.29) is 5.75 Å². The first-order valence-corrected chi connectivity index (χ1v) is 9.83. The molecule has 0 aliphatic heterocycles. The van der Waals surface area contributed by atoms with Crippen molar-refractivity contribution in [2.75, 3.05) is 33.0 Å². The molecule has 2 atom stereocenters. The van der Waals surface area contributed by atoms with Crippen LogP contribution in [0, 0.1) is 5.41 Å². The largest absolute Gasteiger partial charge is 0.378 e. The Balaban J connectivity index is 1.86. The monoisotopic (exact) mass is 318 g/mol. The molecule has 1 spiro atoms. The van der Waals surface area contributed by atoms with Gasteiger partial charge in [0.15, 0.2) is 0 Å². The third-order valence-electron chi connectivity index (χ3n) is 5.41. The fourth-order valence-electron chi connectivity index (χ4n) is 4.23. The van der Waals surface area contributed by atoms with Crippen LogP contribution in [0.3, 0.4) is 0 Å². The highest BCUT2D eigenvalue weighted by atomic mass is 32.2. The number of rotatable bonds is 8. The first kappa shape index (κ1) is 17.2. The molecular formula is C15H30N2O3S. The van der Waals surface area contributed by atoms with Crippen LogP contribution >= 0.6 is 0 Å². The van der Waals surface area contributed by atoms with E-state index in [1.165, 1.54) is 32.7 Å². The van der Waals surface area contributed by atoms with Crippen molar-refractivity contribution in [3.63, 3.8) is 0 Å². The minimum Gasteiger partial charge on any atom is -0.378 e. The zero-order valence-corrected chi connectivity index (χ0v) is 14.4. The van der Waals surface area contributed by atoms with Crippen LogP contribution in [0.25, 0.3) is 0 Å². The van der Waals surface area contributed by atoms with Gasteiger partial charge in [-0.05, 0) is 53.2 Å². The van der Waals surface area contributed by atoms with Gasteiger partial charge < -0.3 is 9.64 Å². The number of nitrogens with one attached hydrogen (secondary N) is 1. The molecule has 0 aromatic rings. The first-order valence-electron chi connectivity index (χ1n) is 8.18. The van der Waals surface area contributed by atoms with Crippen molar-refractivity contribution in [3.8, 4) is 0 Å². The fourth-order valence-corrected chi connectivity index (χ4v) is 4.94. The van der Waals surface area contributed by atoms with Crippen LogP contribution in [-0.4, -0.2) is 58.5 Å². The van der Waals surface area contributed by atoms with E-state index in [0.717, 1.165) is 19.6 Å². The minimum atomic E-state index is -3.08. The molecule has 21 heavy (non-hydrogen) atoms. The number of sulfonamides is 1. The van der Waals surface area contributed by atoms with Gasteiger partial charge in [-0.2, -0.15) is 0 Å². The van der Waals surface area contributed by atoms with Gasteiger partial charge in [-0.15, -0.1) is 0 Å². The van der Waals surface area contributed by atoms with Crippen molar-refractivity contribution in [2.24, 2.45) is 5.41 Å². The Bertz CT molecular complexity index is 432. The smallest absolute Gasteiger partial charge is 0.211 e. The second-order valence-corrected chi connectivity index (χ2v) is 8.54. The van der Waals surface area contributed by atoms with Crippen molar-refractivity contribution in [2.45, 2.75) is 57.6 Å². The highest BCUT2D eigenvalue weighted by Crippen LogP contribution is 2.56. The van der Waals surface area contributed by atoms with Gasteiger partial charge in [-0.3, -0.25) is 0 Å². The first-order chi connectivity index (χ1) is 9.95. The van der Waals surface area contributed by atoms with Crippen molar-refractivity contribution < 1.29 is 13.2 Å². The summed E-state index contributed by atoms with van der Waals surface area (Å²) < 4.78 is 31.3. The standard InChI is InChI=1S/C15H30N2O3S/c1-4-20-14-12-13(15(14)8-5-6-9-15)17(3)10-7-11-21(18,19)16-2/h13-14,16H,4-12H2,1-3H3/t13-,14-/m1/s1. The van der Waals surface area contributed by atoms with Gasteiger partial charge in [0.05, 0.1) is 11.9 Å². The molecule has 0 amide bonds. The number of hydrogen-bond donors (Lipinski definition) is 1. The van der Waals surface area contributed by atoms with Crippen LogP contribution in [0.2, 0.25) is 0 Å². The second kappa shape index (κ2) is 6.94. The molecular weight excluding hydrogens is 288 g/mol. The molecule has 0 radical (unpaired) electrons. The molecule has 2 rings (SSSR count). The molecule has 0 bridgehead atoms. The van der Waals surface area contributed by atoms with Gasteiger partial charge >= 0.3 is 0 Å². The molecule has 2 aliphatic rings. The molecule has 0 aromatic carbocycles. The van der Waals surface area contributed by atoms with Crippen molar-refractivity contribution in [3.05, 3.63) is 0 Å². The third kappa shape index (κ3) is 3.60. The quantitative estimate of drug-likeness (QED) is 0.738. The Hall–Kier alpha value is -0.170. The van der Waals surface area contributed by atoms with Gasteiger partial charge in [0.25, 0.3) is 0 Å². The van der Waals surface area contributed by atoms with E-state index >= 15 is 0 Å². The average Bonchev–Trinajstić information content (AvgIpc) is 2.95. The van der Waals surface area contributed by atoms with Gasteiger partial charge in [0, 0.05) is 18.1 Å². The van der Waals surface area contributed by atoms with Crippen molar-refractivity contribution >= 4 is 10.0 Å². The summed E-state index contributed by atoms with van der Waals surface area (Å²) in [6.45, 7) is 3.71. The molecule has 2 aliphatic carbocycles. The predicted octanol–water partition coefficient (Wildman–Crippen LogP) is 1.60. The summed E-state index contributed by atoms with van der Waals surface area (Å²) >= 11 is 0. The molecule has 2 fully saturated rings. The molecule has 0 unspecified atom stereocenters. The summed E-state index contributed by atoms with van der Waals surface area (Å²) in [6, 6.07) is 0.564. The highest BCUT2D eigenvalue weighted by molar-refractivity contribution is 7.89. The molecule has 0 aromatic heterocycles. The van der Waals surface area contributed by atoms with Gasteiger partial charge in [0.1, 0.15) is 0 Å². The lowest BCUT2D eigenvalue weighted by Gasteiger charge is -2.57. The Labute approximate surface area is 129 Å². The molecule has 5 nitrogen and oxygen atoms in total. The van der Waals surface area contributed by atoms with E-state index in [0.29, 0.717) is 24.0 Å². The van der Waals surface area contributed by atoms with Crippen molar-refractivity contribution in [1.29, 1.82) is 0 Å². The zero-order chi connectivity index (χ0) is 15.5. The lowest BCUT2D eigenvalue weighted by Crippen LogP contribution is -2.63. The SMILES string of the molecule is CCO[C@@H]1C[C@@H](N(C)CCCS(=O)(=O)NC)C12CCCC2. The van der Waals surface area contributed by atoms with E-state index < -0.39 is 10.0 Å². The highest BCUT2D eigenvalue weighted by Gasteiger charge is 2.57. The number of hydrogen-bond acceptors (Lipinski definition) is 4. The molecule has 1 N–H and O–H groups in total. The van der Waals surface area contributed by atoms with E-state index in [4.69, 9.17) is 4.74 Å². The summed E-state index contributed by atoms with van der Waals surface area (Å²) in [4.78, 5) is 2.37. The van der Waals surface area contributed by atoms with Gasteiger partial charge in [-0.25, -0.2) is 13.1 Å². The van der Waals surface area contributed by atoms with Crippen LogP contribution < -0.4 is 4.72 Å². The van der Waals surface area contributed by atoms with E-state index in [2.05, 4.69) is 23.6 Å². The van der Waals surface area contributed by atoms with Crippen LogP contribution in [-0.2, 0) is 14.8 Å². The lowest BCUT2D eigenvalue weighted by atomic mass is 9.60. The number of nitrogens with zero attached hydrogens (tertiary/aromatic N) is 1. The Morgan fingerprint density at radius 2 is 2.00 bits per heavy atom. The van der Waals surface area contributed by atoms with E-state index in [9.17, 15) is 8.42 Å². The normalized spacial score (nSPS) is 28.2. The maximum Gasteiger partial charge on any atom is 0.211 e. The molecule has 0 saturated heterocycles. The Morgan fingerprint density at radius 1 is 1.33 bits per heavy atom. The zero-order valence-electron chi connectivity index (χ0n) is 13.6. The van der Waals surface area contributed by atoms with Crippen molar-refractivity contribution in [1.82, 2.24) is 9.62 Å². The summed E-state index contributed by atoms with van der Waals surface area (Å²) in [7, 11) is 0.537. The molecule has 124 valence electrons. The Kier molecular flexibility index (Phi) is 5.68. The number of ether oxygens (including phenoxy) is 1. The van der Waals surface area contributed by atoms with Gasteiger partial charge in [0.2, 0.25) is 10.0 Å². The minimum absolute atomic E-state index is 0.211. The summed E-state index contributed by atoms with van der Waals surface area (Å²) in [5.41, 5.74) is 0.340. The van der Waals surface area contributed by atoms with Gasteiger partial charge in [-0.1, -0.05) is 12.8 Å². The topological polar surface area (TPSA) is 58.6 Å². The average molecular weight is 318 g/mol. The molecule has 0 heterocycles. The third-order valence-corrected chi connectivity index (χ3v) is 6.86. The predicted molar refractivity (Wildman–Crippen MR) is 84.8 cm³/mol. The van der Waals surface area contributed by atoms with E-state index in [1.54, 1.807) is 0 Å². The second-order valence-electron chi connectivity index (χ2n) is 6.49. The summed E-state index contributed by atoms with van der Waals surface area (Å²) in [6.07, 6.45) is 7.35. The maximum atomic E-state index is 11.5.